The van der Waals surface area contributed by atoms with Crippen molar-refractivity contribution in [3.8, 4) is 11.5 Å². The molecule has 0 saturated carbocycles. The van der Waals surface area contributed by atoms with E-state index in [9.17, 15) is 0 Å². The minimum absolute atomic E-state index is 0.0404. The SMILES string of the molecule is Cc1ccc(OCCOc2ccc(C(N)=S)cc2)c(C(C)(C)C)c1. The predicted octanol–water partition coefficient (Wildman–Crippen LogP) is 4.38. The Morgan fingerprint density at radius 3 is 2.21 bits per heavy atom. The average molecular weight is 343 g/mol. The monoisotopic (exact) mass is 343 g/mol. The normalized spacial score (nSPS) is 11.2. The lowest BCUT2D eigenvalue weighted by molar-refractivity contribution is 0.214. The highest BCUT2D eigenvalue weighted by molar-refractivity contribution is 7.80. The number of benzene rings is 2. The summed E-state index contributed by atoms with van der Waals surface area (Å²) < 4.78 is 11.6. The molecule has 128 valence electrons. The molecule has 0 spiro atoms. The summed E-state index contributed by atoms with van der Waals surface area (Å²) in [7, 11) is 0. The Morgan fingerprint density at radius 1 is 1.00 bits per heavy atom. The van der Waals surface area contributed by atoms with Crippen molar-refractivity contribution in [2.75, 3.05) is 13.2 Å². The number of ether oxygens (including phenoxy) is 2. The van der Waals surface area contributed by atoms with E-state index in [1.165, 1.54) is 11.1 Å². The van der Waals surface area contributed by atoms with Gasteiger partial charge in [0.05, 0.1) is 0 Å². The Bertz CT molecular complexity index is 703. The molecular weight excluding hydrogens is 318 g/mol. The molecule has 0 heterocycles. The van der Waals surface area contributed by atoms with Crippen molar-refractivity contribution in [3.63, 3.8) is 0 Å². The minimum Gasteiger partial charge on any atom is -0.490 e. The first-order valence-corrected chi connectivity index (χ1v) is 8.45. The van der Waals surface area contributed by atoms with Gasteiger partial charge < -0.3 is 15.2 Å². The zero-order chi connectivity index (χ0) is 17.7. The molecule has 0 atom stereocenters. The number of hydrogen-bond acceptors (Lipinski definition) is 3. The lowest BCUT2D eigenvalue weighted by Crippen LogP contribution is -2.16. The molecule has 0 saturated heterocycles. The van der Waals surface area contributed by atoms with Crippen molar-refractivity contribution in [1.29, 1.82) is 0 Å². The van der Waals surface area contributed by atoms with Gasteiger partial charge in [-0.2, -0.15) is 0 Å². The molecule has 0 bridgehead atoms. The zero-order valence-corrected chi connectivity index (χ0v) is 15.6. The second kappa shape index (κ2) is 7.67. The van der Waals surface area contributed by atoms with Crippen LogP contribution in [-0.4, -0.2) is 18.2 Å². The highest BCUT2D eigenvalue weighted by Crippen LogP contribution is 2.32. The number of rotatable bonds is 6. The smallest absolute Gasteiger partial charge is 0.123 e. The van der Waals surface area contributed by atoms with Crippen LogP contribution < -0.4 is 15.2 Å². The van der Waals surface area contributed by atoms with Gasteiger partial charge in [0.2, 0.25) is 0 Å². The molecule has 2 aromatic carbocycles. The standard InChI is InChI=1S/C20H25NO2S/c1-14-5-10-18(17(13-14)20(2,3)4)23-12-11-22-16-8-6-15(7-9-16)19(21)24/h5-10,13H,11-12H2,1-4H3,(H2,21,24). The second-order valence-electron chi connectivity index (χ2n) is 6.84. The molecule has 0 aromatic heterocycles. The van der Waals surface area contributed by atoms with Crippen LogP contribution in [0.25, 0.3) is 0 Å². The van der Waals surface area contributed by atoms with Crippen molar-refractivity contribution in [1.82, 2.24) is 0 Å². The Kier molecular flexibility index (Phi) is 5.84. The van der Waals surface area contributed by atoms with Gasteiger partial charge in [-0.3, -0.25) is 0 Å². The van der Waals surface area contributed by atoms with Gasteiger partial charge in [-0.05, 0) is 48.2 Å². The lowest BCUT2D eigenvalue weighted by Gasteiger charge is -2.23. The van der Waals surface area contributed by atoms with E-state index in [-0.39, 0.29) is 5.41 Å². The molecule has 0 unspecified atom stereocenters. The summed E-state index contributed by atoms with van der Waals surface area (Å²) in [6.07, 6.45) is 0. The fraction of sp³-hybridized carbons (Fsp3) is 0.350. The Hall–Kier alpha value is -2.07. The van der Waals surface area contributed by atoms with E-state index in [1.807, 2.05) is 30.3 Å². The summed E-state index contributed by atoms with van der Waals surface area (Å²) >= 11 is 4.93. The molecule has 0 aliphatic carbocycles. The van der Waals surface area contributed by atoms with E-state index in [0.29, 0.717) is 18.2 Å². The van der Waals surface area contributed by atoms with Crippen LogP contribution in [0.2, 0.25) is 0 Å². The predicted molar refractivity (Wildman–Crippen MR) is 103 cm³/mol. The highest BCUT2D eigenvalue weighted by Gasteiger charge is 2.19. The third-order valence-electron chi connectivity index (χ3n) is 3.69. The van der Waals surface area contributed by atoms with Crippen molar-refractivity contribution < 1.29 is 9.47 Å². The van der Waals surface area contributed by atoms with Crippen LogP contribution >= 0.6 is 12.2 Å². The molecule has 0 fully saturated rings. The third-order valence-corrected chi connectivity index (χ3v) is 3.93. The van der Waals surface area contributed by atoms with Gasteiger partial charge >= 0.3 is 0 Å². The van der Waals surface area contributed by atoms with E-state index >= 15 is 0 Å². The lowest BCUT2D eigenvalue weighted by atomic mass is 9.85. The summed E-state index contributed by atoms with van der Waals surface area (Å²) in [5.74, 6) is 1.69. The van der Waals surface area contributed by atoms with Crippen molar-refractivity contribution >= 4 is 17.2 Å². The second-order valence-corrected chi connectivity index (χ2v) is 7.27. The van der Waals surface area contributed by atoms with E-state index in [2.05, 4.69) is 39.8 Å². The first-order chi connectivity index (χ1) is 11.3. The molecule has 2 aromatic rings. The maximum absolute atomic E-state index is 5.94. The molecular formula is C20H25NO2S. The molecule has 0 amide bonds. The van der Waals surface area contributed by atoms with Gasteiger partial charge in [0.15, 0.2) is 0 Å². The third kappa shape index (κ3) is 4.96. The van der Waals surface area contributed by atoms with Gasteiger partial charge in [-0.25, -0.2) is 0 Å². The molecule has 0 aliphatic heterocycles. The van der Waals surface area contributed by atoms with Crippen molar-refractivity contribution in [2.45, 2.75) is 33.1 Å². The summed E-state index contributed by atoms with van der Waals surface area (Å²) in [5, 5.41) is 0. The Labute approximate surface area is 149 Å². The molecule has 24 heavy (non-hydrogen) atoms. The minimum atomic E-state index is 0.0404. The summed E-state index contributed by atoms with van der Waals surface area (Å²) in [6, 6.07) is 13.7. The molecule has 0 aliphatic rings. The topological polar surface area (TPSA) is 44.5 Å². The molecule has 0 radical (unpaired) electrons. The number of aryl methyl sites for hydroxylation is 1. The quantitative estimate of drug-likeness (QED) is 0.624. The number of thiocarbonyl (C=S) groups is 1. The number of hydrogen-bond donors (Lipinski definition) is 1. The Morgan fingerprint density at radius 2 is 1.62 bits per heavy atom. The van der Waals surface area contributed by atoms with E-state index in [4.69, 9.17) is 27.4 Å². The zero-order valence-electron chi connectivity index (χ0n) is 14.8. The van der Waals surface area contributed by atoms with Crippen molar-refractivity contribution in [3.05, 3.63) is 59.2 Å². The van der Waals surface area contributed by atoms with Gasteiger partial charge in [-0.1, -0.05) is 50.7 Å². The van der Waals surface area contributed by atoms with Crippen LogP contribution in [0.15, 0.2) is 42.5 Å². The summed E-state index contributed by atoms with van der Waals surface area (Å²) in [6.45, 7) is 9.63. The summed E-state index contributed by atoms with van der Waals surface area (Å²) in [5.41, 5.74) is 8.91. The molecule has 2 rings (SSSR count). The van der Waals surface area contributed by atoms with Gasteiger partial charge in [0.1, 0.15) is 29.7 Å². The maximum Gasteiger partial charge on any atom is 0.123 e. The van der Waals surface area contributed by atoms with Gasteiger partial charge in [0.25, 0.3) is 0 Å². The Balaban J connectivity index is 1.92. The molecule has 2 N–H and O–H groups in total. The van der Waals surface area contributed by atoms with Gasteiger partial charge in [0, 0.05) is 5.56 Å². The highest BCUT2D eigenvalue weighted by atomic mass is 32.1. The largest absolute Gasteiger partial charge is 0.490 e. The van der Waals surface area contributed by atoms with Crippen LogP contribution in [0.3, 0.4) is 0 Å². The van der Waals surface area contributed by atoms with E-state index < -0.39 is 0 Å². The van der Waals surface area contributed by atoms with E-state index in [1.54, 1.807) is 0 Å². The number of nitrogens with two attached hydrogens (primary N) is 1. The van der Waals surface area contributed by atoms with Crippen LogP contribution in [0.1, 0.15) is 37.5 Å². The van der Waals surface area contributed by atoms with Gasteiger partial charge in [-0.15, -0.1) is 0 Å². The molecule has 4 heteroatoms. The first kappa shape index (κ1) is 18.3. The van der Waals surface area contributed by atoms with Crippen LogP contribution in [0, 0.1) is 6.92 Å². The summed E-state index contributed by atoms with van der Waals surface area (Å²) in [4.78, 5) is 0.388. The van der Waals surface area contributed by atoms with Crippen molar-refractivity contribution in [2.24, 2.45) is 5.73 Å². The average Bonchev–Trinajstić information content (AvgIpc) is 2.52. The van der Waals surface area contributed by atoms with E-state index in [0.717, 1.165) is 17.1 Å². The first-order valence-electron chi connectivity index (χ1n) is 8.04. The molecule has 3 nitrogen and oxygen atoms in total. The fourth-order valence-corrected chi connectivity index (χ4v) is 2.52. The maximum atomic E-state index is 5.94. The van der Waals surface area contributed by atoms with Crippen LogP contribution in [0.4, 0.5) is 0 Å². The van der Waals surface area contributed by atoms with Crippen LogP contribution in [-0.2, 0) is 5.41 Å². The fourth-order valence-electron chi connectivity index (χ4n) is 2.38. The van der Waals surface area contributed by atoms with Crippen LogP contribution in [0.5, 0.6) is 11.5 Å².